The van der Waals surface area contributed by atoms with Crippen LogP contribution in [0.2, 0.25) is 0 Å². The third kappa shape index (κ3) is 6.19. The van der Waals surface area contributed by atoms with E-state index in [1.54, 1.807) is 6.20 Å². The van der Waals surface area contributed by atoms with E-state index >= 15 is 0 Å². The van der Waals surface area contributed by atoms with E-state index in [0.717, 1.165) is 50.4 Å². The third-order valence-electron chi connectivity index (χ3n) is 5.79. The number of carbonyl (C=O) groups excluding carboxylic acids is 2. The van der Waals surface area contributed by atoms with Crippen LogP contribution in [0.4, 0.5) is 5.82 Å². The second-order valence-electron chi connectivity index (χ2n) is 8.04. The number of nitrogens with one attached hydrogen (secondary N) is 2. The Hall–Kier alpha value is -2.15. The van der Waals surface area contributed by atoms with E-state index < -0.39 is 0 Å². The molecule has 1 aliphatic heterocycles. The van der Waals surface area contributed by atoms with Crippen LogP contribution >= 0.6 is 0 Å². The van der Waals surface area contributed by atoms with Gasteiger partial charge in [-0.25, -0.2) is 4.98 Å². The Morgan fingerprint density at radius 1 is 1.07 bits per heavy atom. The van der Waals surface area contributed by atoms with Crippen LogP contribution < -0.4 is 15.5 Å². The van der Waals surface area contributed by atoms with Crippen molar-refractivity contribution in [2.24, 2.45) is 5.92 Å². The molecule has 2 fully saturated rings. The summed E-state index contributed by atoms with van der Waals surface area (Å²) in [5, 5.41) is 5.68. The lowest BCUT2D eigenvalue weighted by molar-refractivity contribution is -0.126. The molecule has 2 aliphatic rings. The van der Waals surface area contributed by atoms with Crippen LogP contribution in [-0.4, -0.2) is 61.5 Å². The summed E-state index contributed by atoms with van der Waals surface area (Å²) in [5.74, 6) is 1.25. The highest BCUT2D eigenvalue weighted by molar-refractivity contribution is 5.84. The molecule has 2 N–H and O–H groups in total. The topological polar surface area (TPSA) is 77.6 Å². The van der Waals surface area contributed by atoms with Gasteiger partial charge in [-0.3, -0.25) is 9.59 Å². The minimum Gasteiger partial charge on any atom is -0.354 e. The van der Waals surface area contributed by atoms with Crippen LogP contribution in [0, 0.1) is 5.92 Å². The van der Waals surface area contributed by atoms with Crippen LogP contribution in [0.3, 0.4) is 0 Å². The highest BCUT2D eigenvalue weighted by Crippen LogP contribution is 2.26. The highest BCUT2D eigenvalue weighted by Gasteiger charge is 2.19. The van der Waals surface area contributed by atoms with E-state index in [0.29, 0.717) is 18.9 Å². The minimum atomic E-state index is -0.162. The van der Waals surface area contributed by atoms with E-state index in [9.17, 15) is 9.59 Å². The number of rotatable bonds is 7. The Labute approximate surface area is 167 Å². The van der Waals surface area contributed by atoms with Crippen molar-refractivity contribution in [1.29, 1.82) is 0 Å². The maximum Gasteiger partial charge on any atom is 0.239 e. The Balaban J connectivity index is 1.42. The first-order valence-corrected chi connectivity index (χ1v) is 10.5. The molecule has 0 unspecified atom stereocenters. The first-order chi connectivity index (χ1) is 13.6. The number of amides is 2. The average Bonchev–Trinajstić information content (AvgIpc) is 2.72. The van der Waals surface area contributed by atoms with Crippen LogP contribution in [0.5, 0.6) is 0 Å². The zero-order chi connectivity index (χ0) is 19.8. The van der Waals surface area contributed by atoms with Crippen LogP contribution in [0.25, 0.3) is 0 Å². The molecule has 0 atom stereocenters. The molecule has 28 heavy (non-hydrogen) atoms. The zero-order valence-electron chi connectivity index (χ0n) is 17.0. The molecular formula is C21H33N5O2. The maximum atomic E-state index is 12.2. The number of aromatic nitrogens is 1. The second kappa shape index (κ2) is 10.4. The molecule has 2 amide bonds. The Kier molecular flexibility index (Phi) is 7.65. The van der Waals surface area contributed by atoms with Gasteiger partial charge in [0.25, 0.3) is 0 Å². The number of piperazine rings is 1. The van der Waals surface area contributed by atoms with Crippen molar-refractivity contribution in [3.05, 3.63) is 23.9 Å². The van der Waals surface area contributed by atoms with Gasteiger partial charge >= 0.3 is 0 Å². The van der Waals surface area contributed by atoms with Crippen molar-refractivity contribution in [2.45, 2.75) is 45.1 Å². The number of anilines is 1. The van der Waals surface area contributed by atoms with E-state index in [-0.39, 0.29) is 18.4 Å². The molecule has 1 saturated carbocycles. The summed E-state index contributed by atoms with van der Waals surface area (Å²) in [4.78, 5) is 33.3. The fraction of sp³-hybridized carbons (Fsp3) is 0.667. The number of carbonyl (C=O) groups is 2. The summed E-state index contributed by atoms with van der Waals surface area (Å²) in [7, 11) is 2.12. The monoisotopic (exact) mass is 387 g/mol. The predicted molar refractivity (Wildman–Crippen MR) is 110 cm³/mol. The number of hydrogen-bond acceptors (Lipinski definition) is 5. The van der Waals surface area contributed by atoms with E-state index in [2.05, 4.69) is 32.5 Å². The van der Waals surface area contributed by atoms with Crippen LogP contribution in [0.1, 0.15) is 44.1 Å². The predicted octanol–water partition coefficient (Wildman–Crippen LogP) is 1.54. The minimum absolute atomic E-state index is 0.0125. The van der Waals surface area contributed by atoms with Gasteiger partial charge < -0.3 is 20.4 Å². The number of hydrogen-bond donors (Lipinski definition) is 2. The summed E-state index contributed by atoms with van der Waals surface area (Å²) in [6.07, 6.45) is 8.34. The van der Waals surface area contributed by atoms with Gasteiger partial charge in [-0.2, -0.15) is 0 Å². The first kappa shape index (κ1) is 20.6. The summed E-state index contributed by atoms with van der Waals surface area (Å²) >= 11 is 0. The Bertz CT molecular complexity index is 652. The van der Waals surface area contributed by atoms with Gasteiger partial charge in [0.15, 0.2) is 0 Å². The van der Waals surface area contributed by atoms with E-state index in [1.165, 1.54) is 19.3 Å². The SMILES string of the molecule is CN1CCN(c2ncccc2CNC(=O)CNC(=O)CC2CCCCC2)CC1. The second-order valence-corrected chi connectivity index (χ2v) is 8.04. The summed E-state index contributed by atoms with van der Waals surface area (Å²) in [6, 6.07) is 3.90. The molecular weight excluding hydrogens is 354 g/mol. The summed E-state index contributed by atoms with van der Waals surface area (Å²) in [6.45, 7) is 4.35. The van der Waals surface area contributed by atoms with Crippen molar-refractivity contribution in [3.8, 4) is 0 Å². The molecule has 154 valence electrons. The van der Waals surface area contributed by atoms with Gasteiger partial charge in [-0.1, -0.05) is 25.3 Å². The van der Waals surface area contributed by atoms with Crippen molar-refractivity contribution in [3.63, 3.8) is 0 Å². The van der Waals surface area contributed by atoms with Gasteiger partial charge in [0, 0.05) is 50.9 Å². The molecule has 0 spiro atoms. The van der Waals surface area contributed by atoms with Gasteiger partial charge in [-0.15, -0.1) is 0 Å². The van der Waals surface area contributed by atoms with Gasteiger partial charge in [-0.05, 0) is 31.9 Å². The zero-order valence-corrected chi connectivity index (χ0v) is 17.0. The lowest BCUT2D eigenvalue weighted by atomic mass is 9.87. The van der Waals surface area contributed by atoms with Crippen molar-refractivity contribution < 1.29 is 9.59 Å². The van der Waals surface area contributed by atoms with Crippen molar-refractivity contribution >= 4 is 17.6 Å². The van der Waals surface area contributed by atoms with Crippen molar-refractivity contribution in [1.82, 2.24) is 20.5 Å². The largest absolute Gasteiger partial charge is 0.354 e. The molecule has 7 nitrogen and oxygen atoms in total. The molecule has 1 saturated heterocycles. The molecule has 0 radical (unpaired) electrons. The molecule has 1 aromatic heterocycles. The average molecular weight is 388 g/mol. The first-order valence-electron chi connectivity index (χ1n) is 10.5. The Morgan fingerprint density at radius 3 is 2.57 bits per heavy atom. The lowest BCUT2D eigenvalue weighted by Crippen LogP contribution is -2.45. The highest BCUT2D eigenvalue weighted by atomic mass is 16.2. The quantitative estimate of drug-likeness (QED) is 0.742. The van der Waals surface area contributed by atoms with Gasteiger partial charge in [0.1, 0.15) is 5.82 Å². The molecule has 0 aromatic carbocycles. The normalized spacial score (nSPS) is 18.7. The summed E-state index contributed by atoms with van der Waals surface area (Å²) < 4.78 is 0. The molecule has 0 bridgehead atoms. The smallest absolute Gasteiger partial charge is 0.239 e. The number of pyridine rings is 1. The Morgan fingerprint density at radius 2 is 1.82 bits per heavy atom. The molecule has 1 aliphatic carbocycles. The van der Waals surface area contributed by atoms with Crippen molar-refractivity contribution in [2.75, 3.05) is 44.7 Å². The number of likely N-dealkylation sites (N-methyl/N-ethyl adjacent to an activating group) is 1. The van der Waals surface area contributed by atoms with Gasteiger partial charge in [0.05, 0.1) is 6.54 Å². The molecule has 7 heteroatoms. The fourth-order valence-corrected chi connectivity index (χ4v) is 4.03. The summed E-state index contributed by atoms with van der Waals surface area (Å²) in [5.41, 5.74) is 1.01. The number of nitrogens with zero attached hydrogens (tertiary/aromatic N) is 3. The van der Waals surface area contributed by atoms with Crippen LogP contribution in [0.15, 0.2) is 18.3 Å². The molecule has 2 heterocycles. The van der Waals surface area contributed by atoms with E-state index in [1.807, 2.05) is 12.1 Å². The molecule has 3 rings (SSSR count). The fourth-order valence-electron chi connectivity index (χ4n) is 4.03. The lowest BCUT2D eigenvalue weighted by Gasteiger charge is -2.34. The van der Waals surface area contributed by atoms with Crippen LogP contribution in [-0.2, 0) is 16.1 Å². The third-order valence-corrected chi connectivity index (χ3v) is 5.79. The molecule has 1 aromatic rings. The van der Waals surface area contributed by atoms with Gasteiger partial charge in [0.2, 0.25) is 11.8 Å². The van der Waals surface area contributed by atoms with E-state index in [4.69, 9.17) is 0 Å². The standard InChI is InChI=1S/C21H33N5O2/c1-25-10-12-26(13-11-25)21-18(8-5-9-22-21)15-23-20(28)16-24-19(27)14-17-6-3-2-4-7-17/h5,8-9,17H,2-4,6-7,10-16H2,1H3,(H,23,28)(H,24,27). The maximum absolute atomic E-state index is 12.2.